The summed E-state index contributed by atoms with van der Waals surface area (Å²) in [6.07, 6.45) is -4.75. The summed E-state index contributed by atoms with van der Waals surface area (Å²) in [4.78, 5) is 11.8. The Hall–Kier alpha value is -1.55. The van der Waals surface area contributed by atoms with Gasteiger partial charge in [0.05, 0.1) is 14.2 Å². The van der Waals surface area contributed by atoms with Gasteiger partial charge < -0.3 is 14.2 Å². The molecule has 0 aliphatic heterocycles. The first-order chi connectivity index (χ1) is 10.5. The second kappa shape index (κ2) is 7.34. The number of alkyl halides is 3. The average molecular weight is 354 g/mol. The number of hydrogen-bond donors (Lipinski definition) is 0. The van der Waals surface area contributed by atoms with E-state index in [9.17, 15) is 18.0 Å². The molecule has 0 saturated heterocycles. The van der Waals surface area contributed by atoms with E-state index >= 15 is 0 Å². The molecule has 23 heavy (non-hydrogen) atoms. The van der Waals surface area contributed by atoms with Gasteiger partial charge in [0, 0.05) is 14.7 Å². The number of hydrogen-bond acceptors (Lipinski definition) is 5. The molecule has 0 N–H and O–H groups in total. The van der Waals surface area contributed by atoms with E-state index in [1.54, 1.807) is 0 Å². The van der Waals surface area contributed by atoms with E-state index in [-0.39, 0.29) is 6.73 Å². The highest BCUT2D eigenvalue weighted by Crippen LogP contribution is 2.37. The summed E-state index contributed by atoms with van der Waals surface area (Å²) in [6, 6.07) is 0.838. The standard InChI is InChI=1S/C13H21F3N2O4Si/c1-20-10-9(12(19)21-2)18(17-11(10)13(14,15)16)8-22-6-7-23(3,4)5/h6-8H2,1-5H3. The van der Waals surface area contributed by atoms with Crippen LogP contribution in [0.4, 0.5) is 13.2 Å². The highest BCUT2D eigenvalue weighted by atomic mass is 28.3. The number of nitrogens with zero attached hydrogens (tertiary/aromatic N) is 2. The molecule has 0 atom stereocenters. The van der Waals surface area contributed by atoms with Crippen LogP contribution in [0.25, 0.3) is 0 Å². The van der Waals surface area contributed by atoms with Crippen molar-refractivity contribution in [1.29, 1.82) is 0 Å². The Labute approximate surface area is 133 Å². The lowest BCUT2D eigenvalue weighted by molar-refractivity contribution is -0.142. The maximum absolute atomic E-state index is 13.0. The Morgan fingerprint density at radius 3 is 2.30 bits per heavy atom. The summed E-state index contributed by atoms with van der Waals surface area (Å²) < 4.78 is 54.4. The first-order valence-electron chi connectivity index (χ1n) is 6.89. The molecule has 1 heterocycles. The molecule has 0 aliphatic carbocycles. The summed E-state index contributed by atoms with van der Waals surface area (Å²) >= 11 is 0. The molecule has 0 bridgehead atoms. The molecule has 1 aromatic rings. The van der Waals surface area contributed by atoms with Gasteiger partial charge in [0.25, 0.3) is 0 Å². The van der Waals surface area contributed by atoms with Crippen molar-refractivity contribution in [2.75, 3.05) is 20.8 Å². The molecule has 6 nitrogen and oxygen atoms in total. The predicted molar refractivity (Wildman–Crippen MR) is 79.2 cm³/mol. The minimum Gasteiger partial charge on any atom is -0.492 e. The number of esters is 1. The molecule has 10 heteroatoms. The van der Waals surface area contributed by atoms with Gasteiger partial charge in [-0.25, -0.2) is 9.48 Å². The predicted octanol–water partition coefficient (Wildman–Crippen LogP) is 3.01. The topological polar surface area (TPSA) is 62.6 Å². The van der Waals surface area contributed by atoms with Crippen LogP contribution in [0.1, 0.15) is 16.2 Å². The quantitative estimate of drug-likeness (QED) is 0.428. The van der Waals surface area contributed by atoms with Gasteiger partial charge in [0.15, 0.2) is 11.4 Å². The third-order valence-corrected chi connectivity index (χ3v) is 4.67. The van der Waals surface area contributed by atoms with Crippen LogP contribution in [0, 0.1) is 0 Å². The van der Waals surface area contributed by atoms with Gasteiger partial charge in [-0.15, -0.1) is 0 Å². The van der Waals surface area contributed by atoms with Crippen LogP contribution in [0.3, 0.4) is 0 Å². The fourth-order valence-corrected chi connectivity index (χ4v) is 2.50. The minimum atomic E-state index is -4.75. The number of aromatic nitrogens is 2. The van der Waals surface area contributed by atoms with E-state index in [1.165, 1.54) is 0 Å². The van der Waals surface area contributed by atoms with Crippen molar-refractivity contribution in [2.24, 2.45) is 0 Å². The highest BCUT2D eigenvalue weighted by Gasteiger charge is 2.42. The number of carbonyl (C=O) groups is 1. The molecule has 0 aliphatic rings. The third-order valence-electron chi connectivity index (χ3n) is 2.97. The Balaban J connectivity index is 3.05. The zero-order valence-electron chi connectivity index (χ0n) is 13.8. The smallest absolute Gasteiger partial charge is 0.438 e. The van der Waals surface area contributed by atoms with E-state index in [0.29, 0.717) is 6.61 Å². The van der Waals surface area contributed by atoms with E-state index in [4.69, 9.17) is 9.47 Å². The Bertz CT molecular complexity index is 553. The Morgan fingerprint density at radius 2 is 1.87 bits per heavy atom. The number of carbonyl (C=O) groups excluding carboxylic acids is 1. The largest absolute Gasteiger partial charge is 0.492 e. The summed E-state index contributed by atoms with van der Waals surface area (Å²) in [5, 5.41) is 3.41. The van der Waals surface area contributed by atoms with Crippen molar-refractivity contribution in [3.8, 4) is 5.75 Å². The first kappa shape index (κ1) is 19.5. The zero-order valence-corrected chi connectivity index (χ0v) is 14.8. The SMILES string of the molecule is COC(=O)c1c(OC)c(C(F)(F)F)nn1COCC[Si](C)(C)C. The molecule has 132 valence electrons. The molecular formula is C13H21F3N2O4Si. The zero-order chi connectivity index (χ0) is 17.8. The van der Waals surface area contributed by atoms with Crippen LogP contribution >= 0.6 is 0 Å². The third kappa shape index (κ3) is 5.24. The van der Waals surface area contributed by atoms with Crippen molar-refractivity contribution in [3.05, 3.63) is 11.4 Å². The van der Waals surface area contributed by atoms with Gasteiger partial charge in [0.2, 0.25) is 5.69 Å². The van der Waals surface area contributed by atoms with Crippen molar-refractivity contribution in [3.63, 3.8) is 0 Å². The number of halogens is 3. The first-order valence-corrected chi connectivity index (χ1v) is 10.6. The van der Waals surface area contributed by atoms with Crippen LogP contribution in [0.15, 0.2) is 0 Å². The molecular weight excluding hydrogens is 333 g/mol. The maximum atomic E-state index is 13.0. The summed E-state index contributed by atoms with van der Waals surface area (Å²) in [6.45, 7) is 6.53. The molecule has 1 aromatic heterocycles. The van der Waals surface area contributed by atoms with Gasteiger partial charge in [0.1, 0.15) is 6.73 Å². The molecule has 0 amide bonds. The second-order valence-corrected chi connectivity index (χ2v) is 11.7. The molecule has 1 rings (SSSR count). The second-order valence-electron chi connectivity index (χ2n) is 6.07. The van der Waals surface area contributed by atoms with E-state index in [0.717, 1.165) is 24.9 Å². The fraction of sp³-hybridized carbons (Fsp3) is 0.692. The lowest BCUT2D eigenvalue weighted by Crippen LogP contribution is -2.22. The monoisotopic (exact) mass is 354 g/mol. The van der Waals surface area contributed by atoms with Crippen molar-refractivity contribution < 1.29 is 32.2 Å². The summed E-state index contributed by atoms with van der Waals surface area (Å²) in [7, 11) is 0.774. The summed E-state index contributed by atoms with van der Waals surface area (Å²) in [5.74, 6) is -1.64. The van der Waals surface area contributed by atoms with Gasteiger partial charge in [-0.2, -0.15) is 18.3 Å². The fourth-order valence-electron chi connectivity index (χ4n) is 1.74. The van der Waals surface area contributed by atoms with Crippen LogP contribution in [-0.2, 0) is 22.4 Å². The van der Waals surface area contributed by atoms with E-state index in [2.05, 4.69) is 29.5 Å². The van der Waals surface area contributed by atoms with Crippen molar-refractivity contribution in [1.82, 2.24) is 9.78 Å². The lowest BCUT2D eigenvalue weighted by atomic mass is 10.3. The number of ether oxygens (including phenoxy) is 3. The molecule has 0 aromatic carbocycles. The number of methoxy groups -OCH3 is 2. The normalized spacial score (nSPS) is 12.3. The van der Waals surface area contributed by atoms with Crippen molar-refractivity contribution >= 4 is 14.0 Å². The molecule has 0 fully saturated rings. The highest BCUT2D eigenvalue weighted by molar-refractivity contribution is 6.76. The molecule has 0 saturated carbocycles. The molecule has 0 unspecified atom stereocenters. The Morgan fingerprint density at radius 1 is 1.26 bits per heavy atom. The van der Waals surface area contributed by atoms with Gasteiger partial charge in [-0.05, 0) is 6.04 Å². The molecule has 0 spiro atoms. The van der Waals surface area contributed by atoms with Crippen LogP contribution in [0.2, 0.25) is 25.7 Å². The molecule has 0 radical (unpaired) electrons. The maximum Gasteiger partial charge on any atom is 0.438 e. The van der Waals surface area contributed by atoms with Crippen LogP contribution < -0.4 is 4.74 Å². The van der Waals surface area contributed by atoms with Crippen LogP contribution in [0.5, 0.6) is 5.75 Å². The number of rotatable bonds is 7. The van der Waals surface area contributed by atoms with Gasteiger partial charge in [-0.1, -0.05) is 19.6 Å². The van der Waals surface area contributed by atoms with Gasteiger partial charge in [-0.3, -0.25) is 0 Å². The van der Waals surface area contributed by atoms with Crippen molar-refractivity contribution in [2.45, 2.75) is 38.6 Å². The van der Waals surface area contributed by atoms with Gasteiger partial charge >= 0.3 is 12.1 Å². The minimum absolute atomic E-state index is 0.290. The average Bonchev–Trinajstić information content (AvgIpc) is 2.80. The summed E-state index contributed by atoms with van der Waals surface area (Å²) in [5.41, 5.74) is -1.70. The van der Waals surface area contributed by atoms with E-state index < -0.39 is 37.4 Å². The van der Waals surface area contributed by atoms with Crippen LogP contribution in [-0.4, -0.2) is 44.7 Å². The lowest BCUT2D eigenvalue weighted by Gasteiger charge is -2.15. The van der Waals surface area contributed by atoms with E-state index in [1.807, 2.05) is 0 Å². The Kier molecular flexibility index (Phi) is 6.23.